The molecule has 4 rings (SSSR count). The second-order valence-corrected chi connectivity index (χ2v) is 8.47. The molecule has 130 valence electrons. The highest BCUT2D eigenvalue weighted by Gasteiger charge is 2.54. The lowest BCUT2D eigenvalue weighted by molar-refractivity contribution is -0.149. The Bertz CT molecular complexity index is 658. The van der Waals surface area contributed by atoms with Gasteiger partial charge in [-0.15, -0.1) is 11.3 Å². The number of thiophene rings is 1. The molecule has 6 heteroatoms. The molecular formula is C18H24N2O3S. The van der Waals surface area contributed by atoms with Crippen LogP contribution >= 0.6 is 11.3 Å². The van der Waals surface area contributed by atoms with Crippen molar-refractivity contribution in [3.8, 4) is 0 Å². The molecule has 0 radical (unpaired) electrons. The van der Waals surface area contributed by atoms with Crippen molar-refractivity contribution >= 4 is 23.2 Å². The first-order valence-electron chi connectivity index (χ1n) is 8.87. The molecule has 0 unspecified atom stereocenters. The summed E-state index contributed by atoms with van der Waals surface area (Å²) in [7, 11) is 0. The van der Waals surface area contributed by atoms with Crippen LogP contribution in [0.5, 0.6) is 0 Å². The van der Waals surface area contributed by atoms with Gasteiger partial charge in [0.2, 0.25) is 5.91 Å². The first-order chi connectivity index (χ1) is 11.6. The molecule has 5 nitrogen and oxygen atoms in total. The maximum absolute atomic E-state index is 12.5. The first-order valence-corrected chi connectivity index (χ1v) is 9.75. The summed E-state index contributed by atoms with van der Waals surface area (Å²) in [6, 6.07) is 2.12. The number of nitrogens with zero attached hydrogens (tertiary/aromatic N) is 2. The van der Waals surface area contributed by atoms with E-state index in [4.69, 9.17) is 0 Å². The van der Waals surface area contributed by atoms with Crippen LogP contribution in [0.1, 0.15) is 36.1 Å². The van der Waals surface area contributed by atoms with E-state index in [9.17, 15) is 14.7 Å². The molecule has 1 amide bonds. The van der Waals surface area contributed by atoms with Gasteiger partial charge in [-0.1, -0.05) is 6.42 Å². The van der Waals surface area contributed by atoms with Gasteiger partial charge in [0.05, 0.1) is 5.41 Å². The van der Waals surface area contributed by atoms with E-state index >= 15 is 0 Å². The average molecular weight is 348 g/mol. The summed E-state index contributed by atoms with van der Waals surface area (Å²) in [5.41, 5.74) is 0.750. The molecule has 0 spiro atoms. The number of carboxylic acids is 1. The Morgan fingerprint density at radius 1 is 1.42 bits per heavy atom. The van der Waals surface area contributed by atoms with Crippen molar-refractivity contribution in [2.75, 3.05) is 26.2 Å². The number of carbonyl (C=O) groups excluding carboxylic acids is 1. The lowest BCUT2D eigenvalue weighted by Gasteiger charge is -2.28. The quantitative estimate of drug-likeness (QED) is 0.906. The van der Waals surface area contributed by atoms with Crippen molar-refractivity contribution < 1.29 is 14.7 Å². The predicted octanol–water partition coefficient (Wildman–Crippen LogP) is 2.21. The molecule has 24 heavy (non-hydrogen) atoms. The smallest absolute Gasteiger partial charge is 0.311 e. The minimum Gasteiger partial charge on any atom is -0.481 e. The van der Waals surface area contributed by atoms with E-state index in [0.717, 1.165) is 45.3 Å². The molecule has 1 saturated carbocycles. The number of fused-ring (bicyclic) bond motifs is 2. The molecule has 2 aliphatic heterocycles. The van der Waals surface area contributed by atoms with Crippen LogP contribution in [-0.2, 0) is 22.6 Å². The topological polar surface area (TPSA) is 60.9 Å². The second kappa shape index (κ2) is 6.15. The van der Waals surface area contributed by atoms with Crippen LogP contribution in [0.3, 0.4) is 0 Å². The van der Waals surface area contributed by atoms with Gasteiger partial charge in [-0.3, -0.25) is 9.59 Å². The predicted molar refractivity (Wildman–Crippen MR) is 91.9 cm³/mol. The number of carboxylic acid groups (broad SMARTS) is 1. The molecule has 1 aliphatic carbocycles. The Kier molecular flexibility index (Phi) is 4.12. The lowest BCUT2D eigenvalue weighted by atomic mass is 9.81. The van der Waals surface area contributed by atoms with Crippen molar-refractivity contribution in [3.05, 3.63) is 21.9 Å². The number of aliphatic carboxylic acids is 1. The molecule has 1 saturated heterocycles. The van der Waals surface area contributed by atoms with Crippen LogP contribution in [0.25, 0.3) is 0 Å². The van der Waals surface area contributed by atoms with Crippen molar-refractivity contribution in [1.82, 2.24) is 9.80 Å². The highest BCUT2D eigenvalue weighted by Crippen LogP contribution is 2.48. The van der Waals surface area contributed by atoms with Crippen molar-refractivity contribution in [2.45, 2.75) is 38.6 Å². The van der Waals surface area contributed by atoms with Gasteiger partial charge in [0.1, 0.15) is 0 Å². The summed E-state index contributed by atoms with van der Waals surface area (Å²) >= 11 is 1.78. The molecule has 2 fully saturated rings. The fourth-order valence-electron chi connectivity index (χ4n) is 4.79. The molecule has 3 heterocycles. The summed E-state index contributed by atoms with van der Waals surface area (Å²) < 4.78 is 0. The summed E-state index contributed by atoms with van der Waals surface area (Å²) in [6.45, 7) is 3.70. The summed E-state index contributed by atoms with van der Waals surface area (Å²) in [4.78, 5) is 29.8. The monoisotopic (exact) mass is 348 g/mol. The van der Waals surface area contributed by atoms with E-state index in [-0.39, 0.29) is 11.8 Å². The van der Waals surface area contributed by atoms with E-state index in [2.05, 4.69) is 16.3 Å². The molecule has 3 aliphatic rings. The van der Waals surface area contributed by atoms with Gasteiger partial charge in [-0.2, -0.15) is 0 Å². The Labute approximate surface area is 146 Å². The Morgan fingerprint density at radius 3 is 3.08 bits per heavy atom. The fraction of sp³-hybridized carbons (Fsp3) is 0.667. The zero-order valence-corrected chi connectivity index (χ0v) is 14.7. The highest BCUT2D eigenvalue weighted by atomic mass is 32.1. The van der Waals surface area contributed by atoms with Gasteiger partial charge >= 0.3 is 5.97 Å². The highest BCUT2D eigenvalue weighted by molar-refractivity contribution is 7.10. The molecule has 0 bridgehead atoms. The summed E-state index contributed by atoms with van der Waals surface area (Å²) in [5, 5.41) is 11.7. The molecule has 1 aromatic heterocycles. The normalized spacial score (nSPS) is 29.5. The van der Waals surface area contributed by atoms with Gasteiger partial charge in [0.15, 0.2) is 0 Å². The standard InChI is InChI=1S/C18H24N2O3S/c21-16(20-8-3-15-13(10-20)5-9-24-15)4-7-19-11-14-2-1-6-18(14,12-19)17(22)23/h5,9,14H,1-4,6-8,10-12H2,(H,22,23)/t14-,18+/m0/s1. The van der Waals surface area contributed by atoms with Crippen LogP contribution < -0.4 is 0 Å². The van der Waals surface area contributed by atoms with E-state index in [1.807, 2.05) is 4.90 Å². The number of carbonyl (C=O) groups is 2. The molecule has 1 N–H and O–H groups in total. The Morgan fingerprint density at radius 2 is 2.29 bits per heavy atom. The Balaban J connectivity index is 1.32. The van der Waals surface area contributed by atoms with Gasteiger partial charge in [-0.25, -0.2) is 0 Å². The van der Waals surface area contributed by atoms with Crippen molar-refractivity contribution in [1.29, 1.82) is 0 Å². The maximum Gasteiger partial charge on any atom is 0.311 e. The lowest BCUT2D eigenvalue weighted by Crippen LogP contribution is -2.38. The first kappa shape index (κ1) is 16.1. The summed E-state index contributed by atoms with van der Waals surface area (Å²) in [6.07, 6.45) is 4.31. The molecule has 1 aromatic rings. The van der Waals surface area contributed by atoms with Crippen molar-refractivity contribution in [2.24, 2.45) is 11.3 Å². The zero-order valence-electron chi connectivity index (χ0n) is 13.9. The van der Waals surface area contributed by atoms with Crippen LogP contribution in [0.4, 0.5) is 0 Å². The number of amides is 1. The molecular weight excluding hydrogens is 324 g/mol. The fourth-order valence-corrected chi connectivity index (χ4v) is 5.68. The van der Waals surface area contributed by atoms with E-state index in [0.29, 0.717) is 19.5 Å². The number of hydrogen-bond donors (Lipinski definition) is 1. The maximum atomic E-state index is 12.5. The third kappa shape index (κ3) is 2.65. The van der Waals surface area contributed by atoms with Crippen LogP contribution in [0.15, 0.2) is 11.4 Å². The van der Waals surface area contributed by atoms with Gasteiger partial charge < -0.3 is 14.9 Å². The van der Waals surface area contributed by atoms with E-state index in [1.54, 1.807) is 11.3 Å². The van der Waals surface area contributed by atoms with E-state index < -0.39 is 11.4 Å². The SMILES string of the molecule is O=C(CCN1C[C@@H]2CCC[C@@]2(C(=O)O)C1)N1CCc2sccc2C1. The zero-order chi connectivity index (χ0) is 16.7. The largest absolute Gasteiger partial charge is 0.481 e. The molecule has 2 atom stereocenters. The Hall–Kier alpha value is -1.40. The average Bonchev–Trinajstić information content (AvgIpc) is 3.25. The third-order valence-corrected chi connectivity index (χ3v) is 7.19. The summed E-state index contributed by atoms with van der Waals surface area (Å²) in [5.74, 6) is -0.165. The third-order valence-electron chi connectivity index (χ3n) is 6.17. The second-order valence-electron chi connectivity index (χ2n) is 7.47. The number of likely N-dealkylation sites (tertiary alicyclic amines) is 1. The number of hydrogen-bond acceptors (Lipinski definition) is 4. The van der Waals surface area contributed by atoms with Crippen LogP contribution in [0, 0.1) is 11.3 Å². The van der Waals surface area contributed by atoms with Crippen LogP contribution in [0.2, 0.25) is 0 Å². The minimum atomic E-state index is -0.639. The molecule has 0 aromatic carbocycles. The van der Waals surface area contributed by atoms with Gasteiger partial charge in [0.25, 0.3) is 0 Å². The van der Waals surface area contributed by atoms with Gasteiger partial charge in [-0.05, 0) is 42.2 Å². The number of rotatable bonds is 4. The van der Waals surface area contributed by atoms with Crippen molar-refractivity contribution in [3.63, 3.8) is 0 Å². The van der Waals surface area contributed by atoms with Crippen LogP contribution in [-0.4, -0.2) is 53.0 Å². The van der Waals surface area contributed by atoms with E-state index in [1.165, 1.54) is 10.4 Å². The minimum absolute atomic E-state index is 0.202. The van der Waals surface area contributed by atoms with Gasteiger partial charge in [0, 0.05) is 44.0 Å².